The van der Waals surface area contributed by atoms with Crippen LogP contribution in [0.2, 0.25) is 0 Å². The van der Waals surface area contributed by atoms with Crippen LogP contribution in [0.5, 0.6) is 5.75 Å². The van der Waals surface area contributed by atoms with Crippen molar-refractivity contribution in [1.29, 1.82) is 0 Å². The second-order valence-electron chi connectivity index (χ2n) is 3.54. The maximum Gasteiger partial charge on any atom is 0.229 e. The van der Waals surface area contributed by atoms with E-state index in [9.17, 15) is 0 Å². The Morgan fingerprint density at radius 3 is 2.94 bits per heavy atom. The standard InChI is InChI=1S/C12H14N2O3/c13-11(15)5-7-16-10-4-2-1-3-9(10)12-14-6-8-17-12/h1-4,6,8,11,15H,5,7,13H2. The van der Waals surface area contributed by atoms with E-state index in [4.69, 9.17) is 20.0 Å². The summed E-state index contributed by atoms with van der Waals surface area (Å²) in [6.07, 6.45) is 2.61. The van der Waals surface area contributed by atoms with Gasteiger partial charge in [-0.1, -0.05) is 12.1 Å². The normalized spacial score (nSPS) is 12.4. The predicted octanol–water partition coefficient (Wildman–Crippen LogP) is 1.39. The Kier molecular flexibility index (Phi) is 3.74. The topological polar surface area (TPSA) is 81.5 Å². The van der Waals surface area contributed by atoms with Crippen molar-refractivity contribution in [2.45, 2.75) is 12.6 Å². The van der Waals surface area contributed by atoms with E-state index in [0.29, 0.717) is 24.7 Å². The third-order valence-corrected chi connectivity index (χ3v) is 2.22. The van der Waals surface area contributed by atoms with Crippen molar-refractivity contribution in [2.24, 2.45) is 5.73 Å². The quantitative estimate of drug-likeness (QED) is 0.764. The zero-order valence-corrected chi connectivity index (χ0v) is 9.24. The van der Waals surface area contributed by atoms with Gasteiger partial charge in [0.25, 0.3) is 0 Å². The minimum atomic E-state index is -0.857. The van der Waals surface area contributed by atoms with Gasteiger partial charge in [0.2, 0.25) is 5.89 Å². The summed E-state index contributed by atoms with van der Waals surface area (Å²) >= 11 is 0. The number of nitrogens with two attached hydrogens (primary N) is 1. The first-order chi connectivity index (χ1) is 8.27. The van der Waals surface area contributed by atoms with Gasteiger partial charge >= 0.3 is 0 Å². The summed E-state index contributed by atoms with van der Waals surface area (Å²) in [5.74, 6) is 1.17. The van der Waals surface area contributed by atoms with Crippen LogP contribution in [0.4, 0.5) is 0 Å². The fraction of sp³-hybridized carbons (Fsp3) is 0.250. The van der Waals surface area contributed by atoms with Crippen LogP contribution in [0.3, 0.4) is 0 Å². The fourth-order valence-corrected chi connectivity index (χ4v) is 1.42. The molecule has 1 heterocycles. The van der Waals surface area contributed by atoms with E-state index in [1.165, 1.54) is 6.26 Å². The molecule has 0 aliphatic rings. The first kappa shape index (κ1) is 11.6. The highest BCUT2D eigenvalue weighted by Gasteiger charge is 2.09. The Morgan fingerprint density at radius 1 is 1.41 bits per heavy atom. The van der Waals surface area contributed by atoms with Gasteiger partial charge in [0, 0.05) is 6.42 Å². The molecular formula is C12H14N2O3. The highest BCUT2D eigenvalue weighted by Crippen LogP contribution is 2.28. The number of para-hydroxylation sites is 1. The highest BCUT2D eigenvalue weighted by molar-refractivity contribution is 5.62. The zero-order chi connectivity index (χ0) is 12.1. The molecule has 5 nitrogen and oxygen atoms in total. The van der Waals surface area contributed by atoms with E-state index in [1.54, 1.807) is 6.20 Å². The lowest BCUT2D eigenvalue weighted by atomic mass is 10.2. The van der Waals surface area contributed by atoms with Crippen molar-refractivity contribution < 1.29 is 14.3 Å². The number of ether oxygens (including phenoxy) is 1. The minimum absolute atomic E-state index is 0.343. The van der Waals surface area contributed by atoms with Gasteiger partial charge in [0.15, 0.2) is 0 Å². The molecule has 2 rings (SSSR count). The molecule has 1 aromatic heterocycles. The van der Waals surface area contributed by atoms with E-state index in [2.05, 4.69) is 4.98 Å². The monoisotopic (exact) mass is 234 g/mol. The fourth-order valence-electron chi connectivity index (χ4n) is 1.42. The van der Waals surface area contributed by atoms with Crippen LogP contribution in [0.1, 0.15) is 6.42 Å². The zero-order valence-electron chi connectivity index (χ0n) is 9.24. The molecule has 0 bridgehead atoms. The van der Waals surface area contributed by atoms with Crippen LogP contribution in [-0.2, 0) is 0 Å². The molecule has 1 atom stereocenters. The average molecular weight is 234 g/mol. The van der Waals surface area contributed by atoms with Crippen molar-refractivity contribution in [1.82, 2.24) is 4.98 Å². The Morgan fingerprint density at radius 2 is 2.24 bits per heavy atom. The van der Waals surface area contributed by atoms with Gasteiger partial charge in [-0.15, -0.1) is 0 Å². The van der Waals surface area contributed by atoms with E-state index >= 15 is 0 Å². The van der Waals surface area contributed by atoms with Gasteiger partial charge in [0.1, 0.15) is 18.2 Å². The van der Waals surface area contributed by atoms with Crippen molar-refractivity contribution in [2.75, 3.05) is 6.61 Å². The SMILES string of the molecule is NC(O)CCOc1ccccc1-c1ncco1. The van der Waals surface area contributed by atoms with Crippen LogP contribution >= 0.6 is 0 Å². The van der Waals surface area contributed by atoms with Crippen LogP contribution in [0.25, 0.3) is 11.5 Å². The lowest BCUT2D eigenvalue weighted by molar-refractivity contribution is 0.145. The summed E-state index contributed by atoms with van der Waals surface area (Å²) in [7, 11) is 0. The van der Waals surface area contributed by atoms with Gasteiger partial charge < -0.3 is 20.0 Å². The lowest BCUT2D eigenvalue weighted by Gasteiger charge is -2.10. The number of nitrogens with zero attached hydrogens (tertiary/aromatic N) is 1. The summed E-state index contributed by atoms with van der Waals surface area (Å²) in [4.78, 5) is 4.07. The molecule has 0 radical (unpaired) electrons. The molecule has 0 saturated carbocycles. The Bertz CT molecular complexity index is 455. The summed E-state index contributed by atoms with van der Waals surface area (Å²) in [5.41, 5.74) is 6.02. The third-order valence-electron chi connectivity index (χ3n) is 2.22. The smallest absolute Gasteiger partial charge is 0.229 e. The van der Waals surface area contributed by atoms with Gasteiger partial charge in [-0.2, -0.15) is 0 Å². The molecule has 3 N–H and O–H groups in total. The molecule has 2 aromatic rings. The van der Waals surface area contributed by atoms with Crippen LogP contribution < -0.4 is 10.5 Å². The molecule has 0 saturated heterocycles. The van der Waals surface area contributed by atoms with E-state index in [-0.39, 0.29) is 0 Å². The summed E-state index contributed by atoms with van der Waals surface area (Å²) < 4.78 is 10.8. The van der Waals surface area contributed by atoms with E-state index in [1.807, 2.05) is 24.3 Å². The van der Waals surface area contributed by atoms with Crippen LogP contribution in [0.15, 0.2) is 41.1 Å². The highest BCUT2D eigenvalue weighted by atomic mass is 16.5. The van der Waals surface area contributed by atoms with Crippen molar-refractivity contribution in [3.8, 4) is 17.2 Å². The maximum atomic E-state index is 8.95. The molecule has 17 heavy (non-hydrogen) atoms. The van der Waals surface area contributed by atoms with Crippen molar-refractivity contribution >= 4 is 0 Å². The van der Waals surface area contributed by atoms with E-state index in [0.717, 1.165) is 5.56 Å². The molecule has 1 aromatic carbocycles. The Hall–Kier alpha value is -1.85. The first-order valence-corrected chi connectivity index (χ1v) is 5.32. The molecule has 0 aliphatic heterocycles. The van der Waals surface area contributed by atoms with Crippen molar-refractivity contribution in [3.63, 3.8) is 0 Å². The van der Waals surface area contributed by atoms with E-state index < -0.39 is 6.23 Å². The number of hydrogen-bond donors (Lipinski definition) is 2. The molecule has 1 unspecified atom stereocenters. The molecule has 0 amide bonds. The molecule has 0 spiro atoms. The summed E-state index contributed by atoms with van der Waals surface area (Å²) in [6.45, 7) is 0.343. The maximum absolute atomic E-state index is 8.95. The number of aliphatic hydroxyl groups is 1. The number of rotatable bonds is 5. The lowest BCUT2D eigenvalue weighted by Crippen LogP contribution is -2.21. The number of aromatic nitrogens is 1. The molecule has 0 aliphatic carbocycles. The minimum Gasteiger partial charge on any atom is -0.493 e. The molecule has 90 valence electrons. The molecule has 0 fully saturated rings. The summed E-state index contributed by atoms with van der Waals surface area (Å²) in [6, 6.07) is 7.42. The van der Waals surface area contributed by atoms with Gasteiger partial charge in [-0.25, -0.2) is 4.98 Å². The van der Waals surface area contributed by atoms with Gasteiger partial charge in [-0.3, -0.25) is 0 Å². The Labute approximate surface area is 98.8 Å². The summed E-state index contributed by atoms with van der Waals surface area (Å²) in [5, 5.41) is 8.95. The average Bonchev–Trinajstić information content (AvgIpc) is 2.82. The number of hydrogen-bond acceptors (Lipinski definition) is 5. The largest absolute Gasteiger partial charge is 0.493 e. The predicted molar refractivity (Wildman–Crippen MR) is 62.2 cm³/mol. The Balaban J connectivity index is 2.11. The van der Waals surface area contributed by atoms with Gasteiger partial charge in [-0.05, 0) is 12.1 Å². The first-order valence-electron chi connectivity index (χ1n) is 5.32. The number of oxazole rings is 1. The second-order valence-corrected chi connectivity index (χ2v) is 3.54. The van der Waals surface area contributed by atoms with Crippen LogP contribution in [0, 0.1) is 0 Å². The molecule has 5 heteroatoms. The van der Waals surface area contributed by atoms with Gasteiger partial charge in [0.05, 0.1) is 18.4 Å². The number of aliphatic hydroxyl groups excluding tert-OH is 1. The number of benzene rings is 1. The second kappa shape index (κ2) is 5.47. The van der Waals surface area contributed by atoms with Crippen LogP contribution in [-0.4, -0.2) is 22.9 Å². The third kappa shape index (κ3) is 3.05. The van der Waals surface area contributed by atoms with Crippen molar-refractivity contribution in [3.05, 3.63) is 36.7 Å². The molecular weight excluding hydrogens is 220 g/mol.